The van der Waals surface area contributed by atoms with Crippen molar-refractivity contribution in [2.45, 2.75) is 12.8 Å². The van der Waals surface area contributed by atoms with E-state index in [-0.39, 0.29) is 24.7 Å². The van der Waals surface area contributed by atoms with E-state index in [4.69, 9.17) is 21.3 Å². The third-order valence-electron chi connectivity index (χ3n) is 1.73. The van der Waals surface area contributed by atoms with E-state index >= 15 is 0 Å². The molecule has 0 aromatic heterocycles. The highest BCUT2D eigenvalue weighted by molar-refractivity contribution is 6.32. The summed E-state index contributed by atoms with van der Waals surface area (Å²) >= 11 is 5.15. The van der Waals surface area contributed by atoms with Gasteiger partial charge in [-0.1, -0.05) is 0 Å². The van der Waals surface area contributed by atoms with E-state index in [1.165, 1.54) is 0 Å². The normalized spacial score (nSPS) is 21.9. The fraction of sp³-hybridized carbons (Fsp3) is 0.750. The van der Waals surface area contributed by atoms with Gasteiger partial charge in [-0.25, -0.2) is 0 Å². The van der Waals surface area contributed by atoms with Gasteiger partial charge in [-0.3, -0.25) is 9.59 Å². The number of nitrogens with zero attached hydrogens (tertiary/aromatic N) is 1. The summed E-state index contributed by atoms with van der Waals surface area (Å²) in [7, 11) is 0. The lowest BCUT2D eigenvalue weighted by atomic mass is 10.4. The Morgan fingerprint density at radius 1 is 0.929 bits per heavy atom. The summed E-state index contributed by atoms with van der Waals surface area (Å²) in [6, 6.07) is 0. The summed E-state index contributed by atoms with van der Waals surface area (Å²) in [6.45, 7) is 3.11. The molecule has 0 aliphatic carbocycles. The van der Waals surface area contributed by atoms with Crippen LogP contribution in [0.1, 0.15) is 12.8 Å². The van der Waals surface area contributed by atoms with Crippen molar-refractivity contribution in [2.24, 2.45) is 0 Å². The third-order valence-corrected chi connectivity index (χ3v) is 2.11. The molecule has 0 bridgehead atoms. The SMILES string of the molecule is C1COCCO1.O=C1CCC(=O)N1Cl. The first-order valence-electron chi connectivity index (χ1n) is 4.39. The average molecular weight is 222 g/mol. The van der Waals surface area contributed by atoms with Gasteiger partial charge in [0.25, 0.3) is 0 Å². The Bertz CT molecular complexity index is 190. The van der Waals surface area contributed by atoms with Crippen molar-refractivity contribution >= 4 is 23.6 Å². The molecular formula is C8H12ClNO4. The zero-order valence-corrected chi connectivity index (χ0v) is 8.46. The van der Waals surface area contributed by atoms with Gasteiger partial charge in [0.1, 0.15) is 0 Å². The van der Waals surface area contributed by atoms with Crippen molar-refractivity contribution in [3.8, 4) is 0 Å². The molecule has 0 unspecified atom stereocenters. The standard InChI is InChI=1S/C4H4ClNO2.C4H8O2/c5-6-3(7)1-2-4(6)8;1-2-6-4-3-5-1/h1-2H2;1-4H2. The lowest BCUT2D eigenvalue weighted by Gasteiger charge is -2.09. The lowest BCUT2D eigenvalue weighted by molar-refractivity contribution is -0.132. The number of amides is 2. The topological polar surface area (TPSA) is 55.8 Å². The van der Waals surface area contributed by atoms with Gasteiger partial charge in [-0.05, 0) is 0 Å². The Balaban J connectivity index is 0.000000146. The highest BCUT2D eigenvalue weighted by atomic mass is 35.5. The fourth-order valence-corrected chi connectivity index (χ4v) is 1.16. The number of hydrogen-bond donors (Lipinski definition) is 0. The van der Waals surface area contributed by atoms with E-state index in [2.05, 4.69) is 0 Å². The van der Waals surface area contributed by atoms with Crippen LogP contribution in [0.4, 0.5) is 0 Å². The molecule has 6 heteroatoms. The maximum absolute atomic E-state index is 10.4. The second-order valence-electron chi connectivity index (χ2n) is 2.79. The van der Waals surface area contributed by atoms with E-state index in [0.29, 0.717) is 4.42 Å². The van der Waals surface area contributed by atoms with Crippen molar-refractivity contribution in [3.63, 3.8) is 0 Å². The first-order chi connectivity index (χ1) is 6.72. The largest absolute Gasteiger partial charge is 0.377 e. The minimum Gasteiger partial charge on any atom is -0.377 e. The van der Waals surface area contributed by atoms with E-state index in [1.807, 2.05) is 0 Å². The molecule has 2 aliphatic rings. The molecule has 0 saturated carbocycles. The lowest BCUT2D eigenvalue weighted by Crippen LogP contribution is -2.16. The third kappa shape index (κ3) is 3.61. The molecule has 2 fully saturated rings. The van der Waals surface area contributed by atoms with E-state index in [1.54, 1.807) is 0 Å². The second-order valence-corrected chi connectivity index (χ2v) is 3.13. The molecule has 0 radical (unpaired) electrons. The molecule has 0 N–H and O–H groups in total. The second kappa shape index (κ2) is 5.95. The first kappa shape index (κ1) is 11.4. The smallest absolute Gasteiger partial charge is 0.244 e. The van der Waals surface area contributed by atoms with Crippen LogP contribution in [-0.2, 0) is 19.1 Å². The van der Waals surface area contributed by atoms with Crippen molar-refractivity contribution in [1.29, 1.82) is 0 Å². The van der Waals surface area contributed by atoms with Gasteiger partial charge >= 0.3 is 0 Å². The van der Waals surface area contributed by atoms with Crippen LogP contribution in [0.15, 0.2) is 0 Å². The molecule has 80 valence electrons. The van der Waals surface area contributed by atoms with Crippen LogP contribution in [0.2, 0.25) is 0 Å². The monoisotopic (exact) mass is 221 g/mol. The number of halogens is 1. The van der Waals surface area contributed by atoms with Crippen LogP contribution in [0.5, 0.6) is 0 Å². The summed E-state index contributed by atoms with van der Waals surface area (Å²) in [5.74, 6) is -0.590. The van der Waals surface area contributed by atoms with Crippen LogP contribution in [0, 0.1) is 0 Å². The Hall–Kier alpha value is -0.650. The predicted molar refractivity (Wildman–Crippen MR) is 48.6 cm³/mol. The Kier molecular flexibility index (Phi) is 4.86. The van der Waals surface area contributed by atoms with Crippen molar-refractivity contribution < 1.29 is 19.1 Å². The van der Waals surface area contributed by atoms with Gasteiger partial charge in [-0.2, -0.15) is 4.42 Å². The van der Waals surface area contributed by atoms with Crippen molar-refractivity contribution in [3.05, 3.63) is 0 Å². The van der Waals surface area contributed by atoms with Crippen LogP contribution < -0.4 is 0 Å². The number of ether oxygens (including phenoxy) is 2. The summed E-state index contributed by atoms with van der Waals surface area (Å²) in [6.07, 6.45) is 0.532. The Morgan fingerprint density at radius 2 is 1.29 bits per heavy atom. The predicted octanol–water partition coefficient (Wildman–Crippen LogP) is 0.322. The molecule has 5 nitrogen and oxygen atoms in total. The number of rotatable bonds is 0. The fourth-order valence-electron chi connectivity index (χ4n) is 0.989. The Morgan fingerprint density at radius 3 is 1.43 bits per heavy atom. The van der Waals surface area contributed by atoms with Gasteiger partial charge in [0, 0.05) is 24.6 Å². The van der Waals surface area contributed by atoms with E-state index in [9.17, 15) is 9.59 Å². The number of hydrogen-bond acceptors (Lipinski definition) is 4. The molecule has 2 amide bonds. The van der Waals surface area contributed by atoms with Crippen LogP contribution in [0.3, 0.4) is 0 Å². The number of imide groups is 1. The zero-order valence-electron chi connectivity index (χ0n) is 7.70. The first-order valence-corrected chi connectivity index (χ1v) is 4.72. The quantitative estimate of drug-likeness (QED) is 0.437. The number of carbonyl (C=O) groups is 2. The summed E-state index contributed by atoms with van der Waals surface area (Å²) in [4.78, 5) is 20.7. The zero-order chi connectivity index (χ0) is 10.4. The molecule has 2 aliphatic heterocycles. The molecule has 14 heavy (non-hydrogen) atoms. The minimum atomic E-state index is -0.295. The summed E-state index contributed by atoms with van der Waals surface area (Å²) in [5.41, 5.74) is 0. The van der Waals surface area contributed by atoms with Crippen LogP contribution in [0.25, 0.3) is 0 Å². The molecule has 0 aromatic carbocycles. The summed E-state index contributed by atoms with van der Waals surface area (Å²) < 4.78 is 10.5. The van der Waals surface area contributed by atoms with Gasteiger partial charge < -0.3 is 9.47 Å². The minimum absolute atomic E-state index is 0.266. The van der Waals surface area contributed by atoms with Crippen molar-refractivity contribution in [1.82, 2.24) is 4.42 Å². The highest BCUT2D eigenvalue weighted by Gasteiger charge is 2.26. The van der Waals surface area contributed by atoms with Gasteiger partial charge in [0.15, 0.2) is 0 Å². The molecule has 2 saturated heterocycles. The Labute approximate surface area is 87.0 Å². The number of carbonyl (C=O) groups excluding carboxylic acids is 2. The summed E-state index contributed by atoms with van der Waals surface area (Å²) in [5, 5.41) is 0. The molecular weight excluding hydrogens is 210 g/mol. The molecule has 0 spiro atoms. The molecule has 0 atom stereocenters. The molecule has 2 rings (SSSR count). The highest BCUT2D eigenvalue weighted by Crippen LogP contribution is 2.12. The van der Waals surface area contributed by atoms with Crippen molar-refractivity contribution in [2.75, 3.05) is 26.4 Å². The van der Waals surface area contributed by atoms with Crippen LogP contribution >= 0.6 is 11.8 Å². The van der Waals surface area contributed by atoms with Gasteiger partial charge in [0.05, 0.1) is 26.4 Å². The molecule has 0 aromatic rings. The van der Waals surface area contributed by atoms with E-state index in [0.717, 1.165) is 26.4 Å². The maximum atomic E-state index is 10.4. The van der Waals surface area contributed by atoms with Gasteiger partial charge in [0.2, 0.25) is 11.8 Å². The maximum Gasteiger partial charge on any atom is 0.244 e. The molecule has 2 heterocycles. The van der Waals surface area contributed by atoms with Gasteiger partial charge in [-0.15, -0.1) is 0 Å². The van der Waals surface area contributed by atoms with Crippen LogP contribution in [-0.4, -0.2) is 42.7 Å². The average Bonchev–Trinajstić information content (AvgIpc) is 2.53. The van der Waals surface area contributed by atoms with E-state index < -0.39 is 0 Å².